The molecule has 1 heterocycles. The smallest absolute Gasteiger partial charge is 0.233 e. The topological polar surface area (TPSA) is 64.9 Å². The zero-order chi connectivity index (χ0) is 13.9. The molecule has 0 saturated heterocycles. The van der Waals surface area contributed by atoms with Gasteiger partial charge in [-0.25, -0.2) is 0 Å². The molecule has 2 rings (SSSR count). The predicted octanol–water partition coefficient (Wildman–Crippen LogP) is 2.94. The molecule has 1 aromatic carbocycles. The molecule has 5 heteroatoms. The predicted molar refractivity (Wildman–Crippen MR) is 75.3 cm³/mol. The summed E-state index contributed by atoms with van der Waals surface area (Å²) in [5.74, 6) is 1.28. The maximum Gasteiger partial charge on any atom is 0.233 e. The fourth-order valence-corrected chi connectivity index (χ4v) is 1.86. The van der Waals surface area contributed by atoms with Crippen molar-refractivity contribution in [2.24, 2.45) is 5.73 Å². The Balaban J connectivity index is 2.15. The molecule has 102 valence electrons. The van der Waals surface area contributed by atoms with E-state index in [-0.39, 0.29) is 5.41 Å². The van der Waals surface area contributed by atoms with E-state index in [2.05, 4.69) is 17.1 Å². The first-order valence-corrected chi connectivity index (χ1v) is 6.73. The van der Waals surface area contributed by atoms with E-state index in [1.165, 1.54) is 0 Å². The number of benzene rings is 1. The van der Waals surface area contributed by atoms with Gasteiger partial charge < -0.3 is 10.3 Å². The summed E-state index contributed by atoms with van der Waals surface area (Å²) in [5, 5.41) is 4.74. The van der Waals surface area contributed by atoms with E-state index in [0.29, 0.717) is 24.7 Å². The molecule has 0 bridgehead atoms. The molecule has 2 aromatic rings. The lowest BCUT2D eigenvalue weighted by atomic mass is 9.88. The van der Waals surface area contributed by atoms with Crippen LogP contribution in [0.1, 0.15) is 37.5 Å². The quantitative estimate of drug-likeness (QED) is 0.914. The fourth-order valence-electron chi connectivity index (χ4n) is 1.74. The van der Waals surface area contributed by atoms with Gasteiger partial charge in [-0.1, -0.05) is 35.8 Å². The Morgan fingerprint density at radius 3 is 2.58 bits per heavy atom. The lowest BCUT2D eigenvalue weighted by Crippen LogP contribution is -2.31. The summed E-state index contributed by atoms with van der Waals surface area (Å²) in [5.41, 5.74) is 6.64. The third kappa shape index (κ3) is 3.14. The fraction of sp³-hybridized carbons (Fsp3) is 0.429. The summed E-state index contributed by atoms with van der Waals surface area (Å²) in [4.78, 5) is 4.45. The van der Waals surface area contributed by atoms with Gasteiger partial charge in [0.05, 0.1) is 5.41 Å². The molecule has 0 amide bonds. The maximum atomic E-state index is 5.85. The van der Waals surface area contributed by atoms with Gasteiger partial charge in [-0.3, -0.25) is 0 Å². The minimum Gasteiger partial charge on any atom is -0.339 e. The standard InChI is InChI=1S/C14H18ClN3O/c1-3-14(2,9-16)13-17-12(18-19-13)8-10-4-6-11(15)7-5-10/h4-7H,3,8-9,16H2,1-2H3. The van der Waals surface area contributed by atoms with Crippen molar-refractivity contribution in [2.75, 3.05) is 6.54 Å². The van der Waals surface area contributed by atoms with Crippen molar-refractivity contribution in [3.63, 3.8) is 0 Å². The number of nitrogens with zero attached hydrogens (tertiary/aromatic N) is 2. The van der Waals surface area contributed by atoms with Crippen LogP contribution in [0.25, 0.3) is 0 Å². The first-order chi connectivity index (χ1) is 9.07. The summed E-state index contributed by atoms with van der Waals surface area (Å²) in [7, 11) is 0. The van der Waals surface area contributed by atoms with Gasteiger partial charge in [0.25, 0.3) is 0 Å². The van der Waals surface area contributed by atoms with Crippen molar-refractivity contribution in [1.29, 1.82) is 0 Å². The van der Waals surface area contributed by atoms with E-state index in [9.17, 15) is 0 Å². The lowest BCUT2D eigenvalue weighted by molar-refractivity contribution is 0.289. The van der Waals surface area contributed by atoms with Gasteiger partial charge in [0.15, 0.2) is 5.82 Å². The van der Waals surface area contributed by atoms with Crippen LogP contribution in [0.3, 0.4) is 0 Å². The SMILES string of the molecule is CCC(C)(CN)c1nc(Cc2ccc(Cl)cc2)no1. The molecule has 0 aliphatic heterocycles. The molecule has 0 spiro atoms. The Bertz CT molecular complexity index is 532. The molecule has 0 saturated carbocycles. The Morgan fingerprint density at radius 1 is 1.32 bits per heavy atom. The van der Waals surface area contributed by atoms with Crippen molar-refractivity contribution in [3.05, 3.63) is 46.6 Å². The van der Waals surface area contributed by atoms with Gasteiger partial charge >= 0.3 is 0 Å². The molecule has 1 atom stereocenters. The Labute approximate surface area is 118 Å². The van der Waals surface area contributed by atoms with Crippen molar-refractivity contribution in [2.45, 2.75) is 32.1 Å². The average molecular weight is 280 g/mol. The highest BCUT2D eigenvalue weighted by Crippen LogP contribution is 2.24. The van der Waals surface area contributed by atoms with E-state index in [4.69, 9.17) is 21.9 Å². The molecule has 1 unspecified atom stereocenters. The van der Waals surface area contributed by atoms with Gasteiger partial charge in [-0.05, 0) is 31.0 Å². The van der Waals surface area contributed by atoms with Crippen LogP contribution in [-0.4, -0.2) is 16.7 Å². The van der Waals surface area contributed by atoms with Crippen molar-refractivity contribution >= 4 is 11.6 Å². The second kappa shape index (κ2) is 5.72. The number of halogens is 1. The van der Waals surface area contributed by atoms with E-state index >= 15 is 0 Å². The van der Waals surface area contributed by atoms with Crippen LogP contribution in [-0.2, 0) is 11.8 Å². The first kappa shape index (κ1) is 14.0. The summed E-state index contributed by atoms with van der Waals surface area (Å²) in [6.07, 6.45) is 1.50. The highest BCUT2D eigenvalue weighted by atomic mass is 35.5. The highest BCUT2D eigenvalue weighted by molar-refractivity contribution is 6.30. The van der Waals surface area contributed by atoms with Crippen LogP contribution in [0.2, 0.25) is 5.02 Å². The second-order valence-electron chi connectivity index (χ2n) is 4.94. The summed E-state index contributed by atoms with van der Waals surface area (Å²) in [6.45, 7) is 4.59. The van der Waals surface area contributed by atoms with Gasteiger partial charge in [-0.2, -0.15) is 4.98 Å². The van der Waals surface area contributed by atoms with Crippen molar-refractivity contribution in [3.8, 4) is 0 Å². The monoisotopic (exact) mass is 279 g/mol. The molecule has 19 heavy (non-hydrogen) atoms. The van der Waals surface area contributed by atoms with E-state index in [1.54, 1.807) is 0 Å². The molecule has 0 aliphatic rings. The molecule has 1 aromatic heterocycles. The average Bonchev–Trinajstić information content (AvgIpc) is 2.89. The summed E-state index contributed by atoms with van der Waals surface area (Å²) in [6, 6.07) is 7.63. The van der Waals surface area contributed by atoms with Crippen LogP contribution < -0.4 is 5.73 Å². The zero-order valence-electron chi connectivity index (χ0n) is 11.2. The first-order valence-electron chi connectivity index (χ1n) is 6.35. The molecular weight excluding hydrogens is 262 g/mol. The number of hydrogen-bond donors (Lipinski definition) is 1. The van der Waals surface area contributed by atoms with Crippen LogP contribution in [0, 0.1) is 0 Å². The Hall–Kier alpha value is -1.39. The minimum atomic E-state index is -0.245. The number of hydrogen-bond acceptors (Lipinski definition) is 4. The normalized spacial score (nSPS) is 14.3. The largest absolute Gasteiger partial charge is 0.339 e. The summed E-state index contributed by atoms with van der Waals surface area (Å²) >= 11 is 5.85. The van der Waals surface area contributed by atoms with Crippen LogP contribution >= 0.6 is 11.6 Å². The van der Waals surface area contributed by atoms with Crippen LogP contribution in [0.15, 0.2) is 28.8 Å². The molecular formula is C14H18ClN3O. The van der Waals surface area contributed by atoms with E-state index < -0.39 is 0 Å². The number of rotatable bonds is 5. The Morgan fingerprint density at radius 2 is 2.00 bits per heavy atom. The molecule has 4 nitrogen and oxygen atoms in total. The zero-order valence-corrected chi connectivity index (χ0v) is 11.9. The van der Waals surface area contributed by atoms with Gasteiger partial charge in [0.2, 0.25) is 5.89 Å². The molecule has 2 N–H and O–H groups in total. The Kier molecular flexibility index (Phi) is 4.22. The third-order valence-corrected chi connectivity index (χ3v) is 3.74. The van der Waals surface area contributed by atoms with Crippen molar-refractivity contribution in [1.82, 2.24) is 10.1 Å². The lowest BCUT2D eigenvalue weighted by Gasteiger charge is -2.20. The van der Waals surface area contributed by atoms with Gasteiger partial charge in [0, 0.05) is 18.0 Å². The van der Waals surface area contributed by atoms with Crippen LogP contribution in [0.4, 0.5) is 0 Å². The highest BCUT2D eigenvalue weighted by Gasteiger charge is 2.29. The van der Waals surface area contributed by atoms with E-state index in [0.717, 1.165) is 17.0 Å². The minimum absolute atomic E-state index is 0.245. The van der Waals surface area contributed by atoms with Gasteiger partial charge in [-0.15, -0.1) is 0 Å². The van der Waals surface area contributed by atoms with Crippen LogP contribution in [0.5, 0.6) is 0 Å². The van der Waals surface area contributed by atoms with E-state index in [1.807, 2.05) is 31.2 Å². The molecule has 0 aliphatic carbocycles. The van der Waals surface area contributed by atoms with Gasteiger partial charge in [0.1, 0.15) is 0 Å². The number of aromatic nitrogens is 2. The maximum absolute atomic E-state index is 5.85. The molecule has 0 radical (unpaired) electrons. The third-order valence-electron chi connectivity index (χ3n) is 3.49. The number of nitrogens with two attached hydrogens (primary N) is 1. The van der Waals surface area contributed by atoms with Crippen molar-refractivity contribution < 1.29 is 4.52 Å². The second-order valence-corrected chi connectivity index (χ2v) is 5.37. The molecule has 0 fully saturated rings. The summed E-state index contributed by atoms with van der Waals surface area (Å²) < 4.78 is 5.34.